The summed E-state index contributed by atoms with van der Waals surface area (Å²) < 4.78 is 1.74. The van der Waals surface area contributed by atoms with E-state index < -0.39 is 0 Å². The topological polar surface area (TPSA) is 78.9 Å². The Labute approximate surface area is 176 Å². The van der Waals surface area contributed by atoms with Crippen LogP contribution in [0.2, 0.25) is 0 Å². The van der Waals surface area contributed by atoms with E-state index in [4.69, 9.17) is 0 Å². The molecule has 0 saturated heterocycles. The lowest BCUT2D eigenvalue weighted by atomic mass is 9.84. The first-order valence-electron chi connectivity index (χ1n) is 11.0. The van der Waals surface area contributed by atoms with Crippen LogP contribution in [0, 0.1) is 0 Å². The van der Waals surface area contributed by atoms with E-state index in [9.17, 15) is 9.59 Å². The van der Waals surface area contributed by atoms with Crippen LogP contribution in [0.3, 0.4) is 0 Å². The summed E-state index contributed by atoms with van der Waals surface area (Å²) in [7, 11) is 0. The van der Waals surface area contributed by atoms with E-state index in [1.807, 2.05) is 36.4 Å². The molecular weight excluding hydrogens is 376 g/mol. The number of nitrogens with one attached hydrogen (secondary N) is 3. The number of amides is 1. The van der Waals surface area contributed by atoms with Gasteiger partial charge in [-0.15, -0.1) is 0 Å². The molecule has 3 aromatic rings. The number of hydrogen-bond donors (Lipinski definition) is 3. The molecule has 6 heteroatoms. The summed E-state index contributed by atoms with van der Waals surface area (Å²) in [5.74, 6) is 0.625. The lowest BCUT2D eigenvalue weighted by Gasteiger charge is -2.22. The quantitative estimate of drug-likeness (QED) is 0.495. The van der Waals surface area contributed by atoms with Crippen LogP contribution < -0.4 is 16.3 Å². The zero-order valence-corrected chi connectivity index (χ0v) is 17.3. The lowest BCUT2D eigenvalue weighted by Crippen LogP contribution is -2.29. The van der Waals surface area contributed by atoms with Gasteiger partial charge in [-0.25, -0.2) is 4.79 Å². The summed E-state index contributed by atoms with van der Waals surface area (Å²) in [6.45, 7) is 1.53. The number of aromatic amines is 1. The van der Waals surface area contributed by atoms with Gasteiger partial charge < -0.3 is 15.6 Å². The molecule has 2 aromatic carbocycles. The zero-order valence-electron chi connectivity index (χ0n) is 17.3. The molecule has 0 aliphatic heterocycles. The predicted molar refractivity (Wildman–Crippen MR) is 121 cm³/mol. The molecule has 0 atom stereocenters. The highest BCUT2D eigenvalue weighted by molar-refractivity contribution is 5.92. The Bertz CT molecular complexity index is 1030. The molecular formula is C24H30N4O2. The van der Waals surface area contributed by atoms with Gasteiger partial charge in [0.2, 0.25) is 5.91 Å². The number of aryl methyl sites for hydroxylation is 1. The normalized spacial score (nSPS) is 14.8. The number of imidazole rings is 1. The van der Waals surface area contributed by atoms with Gasteiger partial charge in [-0.2, -0.15) is 0 Å². The van der Waals surface area contributed by atoms with Crippen LogP contribution in [0.5, 0.6) is 0 Å². The fraction of sp³-hybridized carbons (Fsp3) is 0.417. The Morgan fingerprint density at radius 3 is 2.60 bits per heavy atom. The minimum absolute atomic E-state index is 0.0512. The first-order chi connectivity index (χ1) is 14.7. The highest BCUT2D eigenvalue weighted by Crippen LogP contribution is 2.32. The Kier molecular flexibility index (Phi) is 6.64. The largest absolute Gasteiger partial charge is 0.326 e. The van der Waals surface area contributed by atoms with E-state index in [-0.39, 0.29) is 18.1 Å². The standard InChI is InChI=1S/C24H30N4O2/c29-23(26-20-13-11-19(12-14-20)18-7-2-1-3-8-18)17-25-15-6-16-28-22-10-5-4-9-21(22)27-24(28)30/h4-5,9-14,18,25H,1-3,6-8,15-17H2,(H,26,29)(H,27,30). The SMILES string of the molecule is O=C(CNCCCn1c(=O)[nH]c2ccccc21)Nc1ccc(C2CCCCC2)cc1. The summed E-state index contributed by atoms with van der Waals surface area (Å²) in [5, 5.41) is 6.11. The first-order valence-corrected chi connectivity index (χ1v) is 11.0. The van der Waals surface area contributed by atoms with Crippen molar-refractivity contribution >= 4 is 22.6 Å². The fourth-order valence-electron chi connectivity index (χ4n) is 4.37. The van der Waals surface area contributed by atoms with Crippen molar-refractivity contribution in [1.29, 1.82) is 0 Å². The van der Waals surface area contributed by atoms with Crippen molar-refractivity contribution in [2.24, 2.45) is 0 Å². The van der Waals surface area contributed by atoms with E-state index >= 15 is 0 Å². The number of para-hydroxylation sites is 2. The maximum atomic E-state index is 12.2. The van der Waals surface area contributed by atoms with Crippen molar-refractivity contribution in [2.45, 2.75) is 51.0 Å². The van der Waals surface area contributed by atoms with E-state index in [1.54, 1.807) is 4.57 Å². The molecule has 6 nitrogen and oxygen atoms in total. The molecule has 1 fully saturated rings. The highest BCUT2D eigenvalue weighted by atomic mass is 16.2. The van der Waals surface area contributed by atoms with E-state index in [2.05, 4.69) is 27.8 Å². The highest BCUT2D eigenvalue weighted by Gasteiger charge is 2.15. The molecule has 30 heavy (non-hydrogen) atoms. The Hall–Kier alpha value is -2.86. The molecule has 1 heterocycles. The molecule has 1 saturated carbocycles. The maximum Gasteiger partial charge on any atom is 0.326 e. The van der Waals surface area contributed by atoms with Crippen molar-refractivity contribution in [3.63, 3.8) is 0 Å². The van der Waals surface area contributed by atoms with Crippen molar-refractivity contribution in [3.8, 4) is 0 Å². The minimum Gasteiger partial charge on any atom is -0.325 e. The smallest absolute Gasteiger partial charge is 0.325 e. The molecule has 0 radical (unpaired) electrons. The molecule has 0 unspecified atom stereocenters. The van der Waals surface area contributed by atoms with Crippen molar-refractivity contribution in [2.75, 3.05) is 18.4 Å². The van der Waals surface area contributed by atoms with Gasteiger partial charge >= 0.3 is 5.69 Å². The second kappa shape index (κ2) is 9.76. The van der Waals surface area contributed by atoms with Crippen LogP contribution in [0.25, 0.3) is 11.0 Å². The summed E-state index contributed by atoms with van der Waals surface area (Å²) in [6, 6.07) is 16.0. The number of rotatable bonds is 8. The maximum absolute atomic E-state index is 12.2. The van der Waals surface area contributed by atoms with Gasteiger partial charge in [-0.1, -0.05) is 43.5 Å². The van der Waals surface area contributed by atoms with Crippen LogP contribution >= 0.6 is 0 Å². The lowest BCUT2D eigenvalue weighted by molar-refractivity contribution is -0.115. The second-order valence-corrected chi connectivity index (χ2v) is 8.13. The number of hydrogen-bond acceptors (Lipinski definition) is 3. The van der Waals surface area contributed by atoms with Crippen LogP contribution in [0.1, 0.15) is 50.0 Å². The van der Waals surface area contributed by atoms with Gasteiger partial charge in [0.05, 0.1) is 17.6 Å². The number of fused-ring (bicyclic) bond motifs is 1. The average molecular weight is 407 g/mol. The van der Waals surface area contributed by atoms with Crippen LogP contribution in [0.4, 0.5) is 5.69 Å². The molecule has 0 spiro atoms. The van der Waals surface area contributed by atoms with Crippen LogP contribution in [-0.4, -0.2) is 28.5 Å². The Balaban J connectivity index is 1.19. The summed E-state index contributed by atoms with van der Waals surface area (Å²) in [4.78, 5) is 27.1. The molecule has 3 N–H and O–H groups in total. The minimum atomic E-state index is -0.0920. The van der Waals surface area contributed by atoms with Crippen molar-refractivity contribution in [1.82, 2.24) is 14.9 Å². The molecule has 0 bridgehead atoms. The number of H-pyrrole nitrogens is 1. The third kappa shape index (κ3) is 5.00. The van der Waals surface area contributed by atoms with E-state index in [1.165, 1.54) is 37.7 Å². The first kappa shape index (κ1) is 20.4. The molecule has 1 aliphatic carbocycles. The number of benzene rings is 2. The molecule has 1 amide bonds. The molecule has 4 rings (SSSR count). The zero-order chi connectivity index (χ0) is 20.8. The van der Waals surface area contributed by atoms with Gasteiger partial charge in [-0.3, -0.25) is 9.36 Å². The molecule has 1 aliphatic rings. The number of nitrogens with zero attached hydrogens (tertiary/aromatic N) is 1. The fourth-order valence-corrected chi connectivity index (χ4v) is 4.37. The van der Waals surface area contributed by atoms with Gasteiger partial charge in [0.15, 0.2) is 0 Å². The Morgan fingerprint density at radius 2 is 1.80 bits per heavy atom. The van der Waals surface area contributed by atoms with Gasteiger partial charge in [0.25, 0.3) is 0 Å². The van der Waals surface area contributed by atoms with E-state index in [0.717, 1.165) is 23.1 Å². The van der Waals surface area contributed by atoms with Crippen molar-refractivity contribution in [3.05, 3.63) is 64.6 Å². The Morgan fingerprint density at radius 1 is 1.03 bits per heavy atom. The third-order valence-electron chi connectivity index (χ3n) is 5.97. The van der Waals surface area contributed by atoms with Gasteiger partial charge in [0, 0.05) is 12.2 Å². The molecule has 1 aromatic heterocycles. The molecule has 158 valence electrons. The monoisotopic (exact) mass is 406 g/mol. The number of carbonyl (C=O) groups is 1. The third-order valence-corrected chi connectivity index (χ3v) is 5.97. The second-order valence-electron chi connectivity index (χ2n) is 8.13. The number of aromatic nitrogens is 2. The van der Waals surface area contributed by atoms with Crippen molar-refractivity contribution < 1.29 is 4.79 Å². The van der Waals surface area contributed by atoms with Gasteiger partial charge in [-0.05, 0) is 61.6 Å². The van der Waals surface area contributed by atoms with E-state index in [0.29, 0.717) is 19.0 Å². The summed E-state index contributed by atoms with van der Waals surface area (Å²) in [5.41, 5.74) is 3.90. The number of carbonyl (C=O) groups excluding carboxylic acids is 1. The van der Waals surface area contributed by atoms with Gasteiger partial charge in [0.1, 0.15) is 0 Å². The van der Waals surface area contributed by atoms with Crippen LogP contribution in [-0.2, 0) is 11.3 Å². The number of anilines is 1. The summed E-state index contributed by atoms with van der Waals surface area (Å²) in [6.07, 6.45) is 7.33. The average Bonchev–Trinajstić information content (AvgIpc) is 3.10. The summed E-state index contributed by atoms with van der Waals surface area (Å²) >= 11 is 0. The predicted octanol–water partition coefficient (Wildman–Crippen LogP) is 4.00. The van der Waals surface area contributed by atoms with Crippen LogP contribution in [0.15, 0.2) is 53.3 Å².